The molecule has 1 heterocycles. The van der Waals surface area contributed by atoms with Gasteiger partial charge in [-0.2, -0.15) is 0 Å². The molecule has 0 amide bonds. The zero-order valence-corrected chi connectivity index (χ0v) is 10.5. The molecule has 92 valence electrons. The van der Waals surface area contributed by atoms with Gasteiger partial charge in [0.2, 0.25) is 15.9 Å². The van der Waals surface area contributed by atoms with Crippen LogP contribution in [0.2, 0.25) is 0 Å². The molecule has 0 spiro atoms. The van der Waals surface area contributed by atoms with Crippen LogP contribution in [0, 0.1) is 13.8 Å². The molecule has 0 unspecified atom stereocenters. The topological polar surface area (TPSA) is 84.2 Å². The van der Waals surface area contributed by atoms with Gasteiger partial charge < -0.3 is 9.84 Å². The minimum atomic E-state index is -3.36. The first-order valence-corrected chi connectivity index (χ1v) is 6.75. The average Bonchev–Trinajstić information content (AvgIpc) is 2.49. The molecule has 16 heavy (non-hydrogen) atoms. The summed E-state index contributed by atoms with van der Waals surface area (Å²) in [5.74, 6) is 0.217. The molecule has 7 heteroatoms. The number of hydrogen-bond acceptors (Lipinski definition) is 5. The quantitative estimate of drug-likeness (QED) is 0.721. The molecule has 0 aliphatic heterocycles. The van der Waals surface area contributed by atoms with Crippen LogP contribution < -0.4 is 10.0 Å². The van der Waals surface area contributed by atoms with E-state index < -0.39 is 10.0 Å². The highest BCUT2D eigenvalue weighted by Gasteiger charge is 2.15. The van der Waals surface area contributed by atoms with Gasteiger partial charge in [0.1, 0.15) is 0 Å². The van der Waals surface area contributed by atoms with E-state index in [-0.39, 0.29) is 11.6 Å². The summed E-state index contributed by atoms with van der Waals surface area (Å²) in [4.78, 5) is 0. The first kappa shape index (κ1) is 13.0. The third-order valence-corrected chi connectivity index (χ3v) is 3.44. The number of nitrogens with one attached hydrogen (secondary N) is 2. The van der Waals surface area contributed by atoms with Crippen molar-refractivity contribution in [2.75, 3.05) is 23.6 Å². The standard InChI is InChI=1S/C9H17N3O3S/c1-4-10-5-6-16(13,14)12-9-7(2)8(3)11-15-9/h10,12H,4-6H2,1-3H3. The third-order valence-electron chi connectivity index (χ3n) is 2.20. The van der Waals surface area contributed by atoms with E-state index in [4.69, 9.17) is 4.52 Å². The minimum absolute atomic E-state index is 0.0139. The summed E-state index contributed by atoms with van der Waals surface area (Å²) in [7, 11) is -3.36. The molecule has 6 nitrogen and oxygen atoms in total. The van der Waals surface area contributed by atoms with E-state index in [1.165, 1.54) is 0 Å². The summed E-state index contributed by atoms with van der Waals surface area (Å²) in [5, 5.41) is 6.62. The third kappa shape index (κ3) is 3.49. The number of anilines is 1. The van der Waals surface area contributed by atoms with Crippen LogP contribution in [0.4, 0.5) is 5.88 Å². The number of aromatic nitrogens is 1. The normalized spacial score (nSPS) is 11.7. The van der Waals surface area contributed by atoms with Crippen molar-refractivity contribution in [3.05, 3.63) is 11.3 Å². The van der Waals surface area contributed by atoms with Gasteiger partial charge in [0.15, 0.2) is 0 Å². The lowest BCUT2D eigenvalue weighted by Gasteiger charge is -2.05. The Labute approximate surface area is 95.4 Å². The fraction of sp³-hybridized carbons (Fsp3) is 0.667. The van der Waals surface area contributed by atoms with Crippen molar-refractivity contribution < 1.29 is 12.9 Å². The second-order valence-corrected chi connectivity index (χ2v) is 5.34. The fourth-order valence-corrected chi connectivity index (χ4v) is 2.07. The molecule has 1 aromatic heterocycles. The molecule has 1 aromatic rings. The van der Waals surface area contributed by atoms with Crippen molar-refractivity contribution in [3.63, 3.8) is 0 Å². The maximum atomic E-state index is 11.6. The predicted molar refractivity (Wildman–Crippen MR) is 61.9 cm³/mol. The van der Waals surface area contributed by atoms with Gasteiger partial charge >= 0.3 is 0 Å². The zero-order valence-electron chi connectivity index (χ0n) is 9.70. The summed E-state index contributed by atoms with van der Waals surface area (Å²) in [6, 6.07) is 0. The van der Waals surface area contributed by atoms with Gasteiger partial charge in [-0.1, -0.05) is 12.1 Å². The first-order chi connectivity index (χ1) is 7.46. The Hall–Kier alpha value is -1.08. The van der Waals surface area contributed by atoms with Crippen LogP contribution in [0.25, 0.3) is 0 Å². The lowest BCUT2D eigenvalue weighted by atomic mass is 10.3. The molecule has 0 atom stereocenters. The van der Waals surface area contributed by atoms with Crippen LogP contribution in [-0.4, -0.2) is 32.4 Å². The fourth-order valence-electron chi connectivity index (χ4n) is 1.09. The molecule has 0 aliphatic rings. The Morgan fingerprint density at radius 2 is 2.06 bits per heavy atom. The monoisotopic (exact) mass is 247 g/mol. The van der Waals surface area contributed by atoms with Crippen molar-refractivity contribution in [1.82, 2.24) is 10.5 Å². The summed E-state index contributed by atoms with van der Waals surface area (Å²) in [6.07, 6.45) is 0. The molecule has 0 fully saturated rings. The Morgan fingerprint density at radius 3 is 2.56 bits per heavy atom. The molecule has 2 N–H and O–H groups in total. The second kappa shape index (κ2) is 5.31. The maximum absolute atomic E-state index is 11.6. The Bertz CT molecular complexity index is 439. The highest BCUT2D eigenvalue weighted by Crippen LogP contribution is 2.18. The van der Waals surface area contributed by atoms with E-state index in [9.17, 15) is 8.42 Å². The SMILES string of the molecule is CCNCCS(=O)(=O)Nc1onc(C)c1C. The van der Waals surface area contributed by atoms with E-state index in [1.54, 1.807) is 13.8 Å². The van der Waals surface area contributed by atoms with Crippen LogP contribution in [-0.2, 0) is 10.0 Å². The molecule has 0 radical (unpaired) electrons. The van der Waals surface area contributed by atoms with Crippen molar-refractivity contribution in [2.24, 2.45) is 0 Å². The van der Waals surface area contributed by atoms with Gasteiger partial charge in [0.25, 0.3) is 0 Å². The number of nitrogens with zero attached hydrogens (tertiary/aromatic N) is 1. The molecule has 1 rings (SSSR count). The van der Waals surface area contributed by atoms with E-state index >= 15 is 0 Å². The molecule has 0 aromatic carbocycles. The number of sulfonamides is 1. The summed E-state index contributed by atoms with van der Waals surface area (Å²) in [6.45, 7) is 6.60. The largest absolute Gasteiger partial charge is 0.337 e. The van der Waals surface area contributed by atoms with Gasteiger partial charge in [-0.25, -0.2) is 8.42 Å². The highest BCUT2D eigenvalue weighted by atomic mass is 32.2. The zero-order chi connectivity index (χ0) is 12.2. The van der Waals surface area contributed by atoms with E-state index in [0.29, 0.717) is 17.8 Å². The van der Waals surface area contributed by atoms with Gasteiger partial charge in [-0.05, 0) is 20.4 Å². The predicted octanol–water partition coefficient (Wildman–Crippen LogP) is 0.643. The molecule has 0 bridgehead atoms. The molecule has 0 saturated heterocycles. The van der Waals surface area contributed by atoms with Crippen molar-refractivity contribution in [3.8, 4) is 0 Å². The minimum Gasteiger partial charge on any atom is -0.337 e. The lowest BCUT2D eigenvalue weighted by molar-refractivity contribution is 0.430. The average molecular weight is 247 g/mol. The van der Waals surface area contributed by atoms with Gasteiger partial charge in [-0.3, -0.25) is 4.72 Å². The summed E-state index contributed by atoms with van der Waals surface area (Å²) in [5.41, 5.74) is 1.40. The first-order valence-electron chi connectivity index (χ1n) is 5.10. The highest BCUT2D eigenvalue weighted by molar-refractivity contribution is 7.92. The number of rotatable bonds is 6. The van der Waals surface area contributed by atoms with E-state index in [1.807, 2.05) is 6.92 Å². The van der Waals surface area contributed by atoms with Crippen LogP contribution in [0.3, 0.4) is 0 Å². The Morgan fingerprint density at radius 1 is 1.38 bits per heavy atom. The van der Waals surface area contributed by atoms with Gasteiger partial charge in [-0.15, -0.1) is 0 Å². The number of hydrogen-bond donors (Lipinski definition) is 2. The van der Waals surface area contributed by atoms with Crippen molar-refractivity contribution in [1.29, 1.82) is 0 Å². The molecule has 0 saturated carbocycles. The van der Waals surface area contributed by atoms with Crippen LogP contribution in [0.5, 0.6) is 0 Å². The number of aryl methyl sites for hydroxylation is 1. The lowest BCUT2D eigenvalue weighted by Crippen LogP contribution is -2.26. The maximum Gasteiger partial charge on any atom is 0.241 e. The molecule has 0 aliphatic carbocycles. The van der Waals surface area contributed by atoms with Gasteiger partial charge in [0, 0.05) is 12.1 Å². The van der Waals surface area contributed by atoms with Crippen molar-refractivity contribution in [2.45, 2.75) is 20.8 Å². The molecular weight excluding hydrogens is 230 g/mol. The van der Waals surface area contributed by atoms with Crippen LogP contribution in [0.1, 0.15) is 18.2 Å². The van der Waals surface area contributed by atoms with Crippen molar-refractivity contribution >= 4 is 15.9 Å². The van der Waals surface area contributed by atoms with Crippen LogP contribution in [0.15, 0.2) is 4.52 Å². The summed E-state index contributed by atoms with van der Waals surface area (Å²) >= 11 is 0. The smallest absolute Gasteiger partial charge is 0.241 e. The van der Waals surface area contributed by atoms with E-state index in [2.05, 4.69) is 15.2 Å². The Kier molecular flexibility index (Phi) is 4.31. The Balaban J connectivity index is 2.62. The van der Waals surface area contributed by atoms with Gasteiger partial charge in [0.05, 0.1) is 11.4 Å². The van der Waals surface area contributed by atoms with Crippen LogP contribution >= 0.6 is 0 Å². The van der Waals surface area contributed by atoms with E-state index in [0.717, 1.165) is 6.54 Å². The molecular formula is C9H17N3O3S. The summed E-state index contributed by atoms with van der Waals surface area (Å²) < 4.78 is 30.4. The second-order valence-electron chi connectivity index (χ2n) is 3.50.